The number of carbonyl (C=O) groups excluding carboxylic acids is 1. The molecule has 0 bridgehead atoms. The molecule has 0 rings (SSSR count). The summed E-state index contributed by atoms with van der Waals surface area (Å²) in [5, 5.41) is 15.8. The van der Waals surface area contributed by atoms with E-state index in [2.05, 4.69) is 15.9 Å². The lowest BCUT2D eigenvalue weighted by molar-refractivity contribution is -0.113. The van der Waals surface area contributed by atoms with Gasteiger partial charge in [0.25, 0.3) is 0 Å². The van der Waals surface area contributed by atoms with Crippen LogP contribution in [-0.2, 0) is 4.79 Å². The highest BCUT2D eigenvalue weighted by atomic mass is 79.9. The minimum atomic E-state index is -0.318. The van der Waals surface area contributed by atoms with Crippen LogP contribution in [0.2, 0.25) is 0 Å². The summed E-state index contributed by atoms with van der Waals surface area (Å²) in [5.41, 5.74) is 0.138. The number of carbonyl (C=O) groups is 1. The minimum Gasteiger partial charge on any atom is -0.506 e. The van der Waals surface area contributed by atoms with Crippen molar-refractivity contribution in [3.05, 3.63) is 21.9 Å². The van der Waals surface area contributed by atoms with E-state index < -0.39 is 0 Å². The molecule has 0 aliphatic rings. The van der Waals surface area contributed by atoms with Crippen LogP contribution in [0.4, 0.5) is 0 Å². The highest BCUT2D eigenvalue weighted by Gasteiger charge is 2.05. The van der Waals surface area contributed by atoms with Crippen molar-refractivity contribution in [2.24, 2.45) is 0 Å². The van der Waals surface area contributed by atoms with Gasteiger partial charge in [0.2, 0.25) is 0 Å². The summed E-state index contributed by atoms with van der Waals surface area (Å²) in [6.45, 7) is 3.07. The van der Waals surface area contributed by atoms with Crippen molar-refractivity contribution in [3.63, 3.8) is 0 Å². The topological polar surface area (TPSA) is 61.1 Å². The molecule has 0 aromatic carbocycles. The van der Waals surface area contributed by atoms with Gasteiger partial charge in [0, 0.05) is 0 Å². The van der Waals surface area contributed by atoms with E-state index in [0.717, 1.165) is 10.7 Å². The maximum atomic E-state index is 10.9. The number of allylic oxidation sites excluding steroid dienone is 4. The highest BCUT2D eigenvalue weighted by molar-refractivity contribution is 9.11. The van der Waals surface area contributed by atoms with Gasteiger partial charge >= 0.3 is 0 Å². The molecule has 0 spiro atoms. The second-order valence-corrected chi connectivity index (χ2v) is 3.48. The molecule has 0 atom stereocenters. The van der Waals surface area contributed by atoms with Crippen LogP contribution in [0.1, 0.15) is 13.8 Å². The van der Waals surface area contributed by atoms with Gasteiger partial charge in [-0.15, -0.1) is 0 Å². The summed E-state index contributed by atoms with van der Waals surface area (Å²) in [6.07, 6.45) is 2.21. The van der Waals surface area contributed by atoms with Crippen LogP contribution in [0, 0.1) is 5.41 Å². The Morgan fingerprint density at radius 3 is 2.25 bits per heavy atom. The van der Waals surface area contributed by atoms with E-state index >= 15 is 0 Å². The van der Waals surface area contributed by atoms with Crippen molar-refractivity contribution < 1.29 is 9.90 Å². The molecule has 0 aromatic rings. The number of ketones is 1. The predicted molar refractivity (Wildman–Crippen MR) is 51.8 cm³/mol. The van der Waals surface area contributed by atoms with Crippen molar-refractivity contribution in [1.29, 1.82) is 5.41 Å². The van der Waals surface area contributed by atoms with E-state index in [0.29, 0.717) is 0 Å². The van der Waals surface area contributed by atoms with E-state index in [1.165, 1.54) is 13.0 Å². The molecule has 0 aliphatic carbocycles. The standard InChI is InChI=1S/C8H10BrNO2/c1-5(9)3-7(6(2)11)8(12)4-10/h3-4,10,12H,1-2H3/b5-3+,8-7-,10-4?. The largest absolute Gasteiger partial charge is 0.506 e. The average molecular weight is 232 g/mol. The fourth-order valence-corrected chi connectivity index (χ4v) is 0.861. The summed E-state index contributed by atoms with van der Waals surface area (Å²) < 4.78 is 0.723. The van der Waals surface area contributed by atoms with E-state index in [-0.39, 0.29) is 17.1 Å². The molecule has 0 amide bonds. The maximum Gasteiger partial charge on any atom is 0.163 e. The van der Waals surface area contributed by atoms with Gasteiger partial charge in [0.05, 0.1) is 11.8 Å². The van der Waals surface area contributed by atoms with Crippen molar-refractivity contribution >= 4 is 27.9 Å². The third-order valence-corrected chi connectivity index (χ3v) is 1.36. The Morgan fingerprint density at radius 2 is 2.00 bits per heavy atom. The molecular weight excluding hydrogens is 222 g/mol. The molecule has 2 N–H and O–H groups in total. The Balaban J connectivity index is 5.06. The first-order valence-electron chi connectivity index (χ1n) is 3.27. The van der Waals surface area contributed by atoms with Crippen molar-refractivity contribution in [2.75, 3.05) is 0 Å². The van der Waals surface area contributed by atoms with E-state index in [1.54, 1.807) is 6.92 Å². The SMILES string of the molecule is CC(=O)C(/C=C(\C)Br)=C(\O)C=N. The van der Waals surface area contributed by atoms with Crippen LogP contribution in [0.5, 0.6) is 0 Å². The van der Waals surface area contributed by atoms with Gasteiger partial charge in [-0.1, -0.05) is 15.9 Å². The second-order valence-electron chi connectivity index (χ2n) is 2.23. The highest BCUT2D eigenvalue weighted by Crippen LogP contribution is 2.11. The van der Waals surface area contributed by atoms with Crippen molar-refractivity contribution in [1.82, 2.24) is 0 Å². The van der Waals surface area contributed by atoms with Crippen LogP contribution in [-0.4, -0.2) is 17.1 Å². The number of nitrogens with one attached hydrogen (secondary N) is 1. The Hall–Kier alpha value is -0.900. The molecule has 66 valence electrons. The summed E-state index contributed by atoms with van der Waals surface area (Å²) in [7, 11) is 0. The number of aliphatic hydroxyl groups excluding tert-OH is 1. The zero-order valence-corrected chi connectivity index (χ0v) is 8.47. The lowest BCUT2D eigenvalue weighted by Gasteiger charge is -1.98. The first-order valence-corrected chi connectivity index (χ1v) is 4.06. The van der Waals surface area contributed by atoms with Gasteiger partial charge in [-0.05, 0) is 24.4 Å². The van der Waals surface area contributed by atoms with Crippen LogP contribution in [0.25, 0.3) is 0 Å². The zero-order valence-electron chi connectivity index (χ0n) is 6.89. The van der Waals surface area contributed by atoms with Gasteiger partial charge in [-0.25, -0.2) is 0 Å². The van der Waals surface area contributed by atoms with Gasteiger partial charge in [-0.2, -0.15) is 0 Å². The minimum absolute atomic E-state index is 0.138. The van der Waals surface area contributed by atoms with E-state index in [4.69, 9.17) is 10.5 Å². The molecule has 0 fully saturated rings. The predicted octanol–water partition coefficient (Wildman–Crippen LogP) is 2.34. The second kappa shape index (κ2) is 4.87. The van der Waals surface area contributed by atoms with Crippen molar-refractivity contribution in [3.8, 4) is 0 Å². The van der Waals surface area contributed by atoms with Gasteiger partial charge in [0.15, 0.2) is 5.78 Å². The third kappa shape index (κ3) is 3.48. The first-order chi connectivity index (χ1) is 5.49. The van der Waals surface area contributed by atoms with Crippen LogP contribution in [0.3, 0.4) is 0 Å². The van der Waals surface area contributed by atoms with Crippen LogP contribution >= 0.6 is 15.9 Å². The number of hydrogen-bond acceptors (Lipinski definition) is 3. The molecule has 4 heteroatoms. The number of Topliss-reactive ketones (excluding diaryl/α,β-unsaturated/α-hetero) is 1. The zero-order chi connectivity index (χ0) is 9.72. The van der Waals surface area contributed by atoms with E-state index in [9.17, 15) is 4.79 Å². The molecule has 0 saturated heterocycles. The molecule has 0 radical (unpaired) electrons. The quantitative estimate of drug-likeness (QED) is 0.339. The summed E-state index contributed by atoms with van der Waals surface area (Å²) in [5.74, 6) is -0.587. The molecule has 0 saturated carbocycles. The Morgan fingerprint density at radius 1 is 1.50 bits per heavy atom. The number of halogens is 1. The van der Waals surface area contributed by atoms with Gasteiger partial charge in [-0.3, -0.25) is 4.79 Å². The maximum absolute atomic E-state index is 10.9. The number of hydrogen-bond donors (Lipinski definition) is 2. The number of rotatable bonds is 3. The van der Waals surface area contributed by atoms with Gasteiger partial charge < -0.3 is 10.5 Å². The Bertz CT molecular complexity index is 262. The fourth-order valence-electron chi connectivity index (χ4n) is 0.633. The molecule has 3 nitrogen and oxygen atoms in total. The monoisotopic (exact) mass is 231 g/mol. The average Bonchev–Trinajstić information content (AvgIpc) is 1.98. The summed E-state index contributed by atoms with van der Waals surface area (Å²) >= 11 is 3.13. The normalized spacial score (nSPS) is 13.8. The molecule has 0 aromatic heterocycles. The molecule has 12 heavy (non-hydrogen) atoms. The number of aliphatic hydroxyl groups is 1. The smallest absolute Gasteiger partial charge is 0.163 e. The summed E-state index contributed by atoms with van der Waals surface area (Å²) in [4.78, 5) is 10.9. The Labute approximate surface area is 79.4 Å². The first kappa shape index (κ1) is 11.1. The van der Waals surface area contributed by atoms with Crippen molar-refractivity contribution in [2.45, 2.75) is 13.8 Å². The van der Waals surface area contributed by atoms with Crippen LogP contribution in [0.15, 0.2) is 21.9 Å². The molecule has 0 unspecified atom stereocenters. The lowest BCUT2D eigenvalue weighted by atomic mass is 10.1. The fraction of sp³-hybridized carbons (Fsp3) is 0.250. The summed E-state index contributed by atoms with van der Waals surface area (Å²) in [6, 6.07) is 0. The Kier molecular flexibility index (Phi) is 4.51. The molecular formula is C8H10BrNO2. The lowest BCUT2D eigenvalue weighted by Crippen LogP contribution is -1.99. The van der Waals surface area contributed by atoms with Crippen LogP contribution < -0.4 is 0 Å². The van der Waals surface area contributed by atoms with Gasteiger partial charge in [0.1, 0.15) is 5.76 Å². The third-order valence-electron chi connectivity index (χ3n) is 1.14. The van der Waals surface area contributed by atoms with E-state index in [1.807, 2.05) is 0 Å². The molecule has 0 aliphatic heterocycles. The molecule has 0 heterocycles.